The van der Waals surface area contributed by atoms with Crippen LogP contribution < -0.4 is 11.5 Å². The molecule has 0 spiro atoms. The van der Waals surface area contributed by atoms with E-state index in [2.05, 4.69) is 0 Å². The molecule has 0 amide bonds. The van der Waals surface area contributed by atoms with E-state index in [1.165, 1.54) is 24.3 Å². The molecule has 0 saturated heterocycles. The second-order valence-electron chi connectivity index (χ2n) is 4.88. The molecule has 0 saturated carbocycles. The minimum absolute atomic E-state index is 0.296. The quantitative estimate of drug-likeness (QED) is 0.460. The van der Waals surface area contributed by atoms with Crippen LogP contribution >= 0.6 is 0 Å². The molecule has 4 nitrogen and oxygen atoms in total. The van der Waals surface area contributed by atoms with E-state index in [1.807, 2.05) is 0 Å². The Kier molecular flexibility index (Phi) is 4.36. The lowest BCUT2D eigenvalue weighted by Crippen LogP contribution is -2.07. The van der Waals surface area contributed by atoms with Crippen molar-refractivity contribution in [1.29, 1.82) is 5.41 Å². The van der Waals surface area contributed by atoms with E-state index in [9.17, 15) is 9.18 Å². The van der Waals surface area contributed by atoms with Gasteiger partial charge in [-0.1, -0.05) is 6.07 Å². The second-order valence-corrected chi connectivity index (χ2v) is 4.88. The first-order chi connectivity index (χ1) is 10.4. The number of ketones is 1. The number of halogens is 1. The average molecular weight is 297 g/mol. The molecule has 0 aliphatic rings. The summed E-state index contributed by atoms with van der Waals surface area (Å²) in [6, 6.07) is 10.2. The number of nitrogens with one attached hydrogen (secondary N) is 1. The largest absolute Gasteiger partial charge is 0.402 e. The summed E-state index contributed by atoms with van der Waals surface area (Å²) in [5.41, 5.74) is 14.2. The van der Waals surface area contributed by atoms with Crippen LogP contribution in [-0.4, -0.2) is 12.0 Å². The van der Waals surface area contributed by atoms with Gasteiger partial charge in [-0.25, -0.2) is 4.39 Å². The first-order valence-electron chi connectivity index (χ1n) is 6.61. The third kappa shape index (κ3) is 3.03. The number of carbonyl (C=O) groups excluding carboxylic acids is 1. The predicted molar refractivity (Wildman–Crippen MR) is 86.3 cm³/mol. The summed E-state index contributed by atoms with van der Waals surface area (Å²) in [6.45, 7) is 1.68. The highest BCUT2D eigenvalue weighted by Crippen LogP contribution is 2.23. The molecule has 5 heteroatoms. The summed E-state index contributed by atoms with van der Waals surface area (Å²) in [5.74, 6) is -0.718. The highest BCUT2D eigenvalue weighted by Gasteiger charge is 2.14. The van der Waals surface area contributed by atoms with Crippen LogP contribution in [-0.2, 0) is 0 Å². The van der Waals surface area contributed by atoms with E-state index in [4.69, 9.17) is 16.9 Å². The van der Waals surface area contributed by atoms with Crippen LogP contribution in [0.2, 0.25) is 0 Å². The monoisotopic (exact) mass is 297 g/mol. The van der Waals surface area contributed by atoms with Gasteiger partial charge in [-0.05, 0) is 48.9 Å². The second kappa shape index (κ2) is 6.22. The summed E-state index contributed by atoms with van der Waals surface area (Å²) in [5, 5.41) is 7.43. The zero-order valence-electron chi connectivity index (χ0n) is 12.1. The van der Waals surface area contributed by atoms with E-state index < -0.39 is 5.82 Å². The molecule has 0 unspecified atom stereocenters. The molecular formula is C17H16FN3O. The lowest BCUT2D eigenvalue weighted by molar-refractivity contribution is 0.103. The number of carbonyl (C=O) groups is 1. The fourth-order valence-electron chi connectivity index (χ4n) is 2.10. The molecule has 2 aromatic rings. The van der Waals surface area contributed by atoms with Crippen LogP contribution in [0, 0.1) is 11.2 Å². The highest BCUT2D eigenvalue weighted by molar-refractivity contribution is 6.14. The standard InChI is InChI=1S/C17H16FN3O/c1-10(20)15(9-19)12-4-7-16(21)14(8-12)17(22)11-2-5-13(18)6-3-11/h2-9,19H,20-21H2,1H3. The molecule has 0 atom stereocenters. The van der Waals surface area contributed by atoms with Crippen molar-refractivity contribution >= 4 is 23.3 Å². The van der Waals surface area contributed by atoms with Crippen molar-refractivity contribution in [1.82, 2.24) is 0 Å². The molecule has 22 heavy (non-hydrogen) atoms. The summed E-state index contributed by atoms with van der Waals surface area (Å²) >= 11 is 0. The van der Waals surface area contributed by atoms with Crippen molar-refractivity contribution < 1.29 is 9.18 Å². The molecule has 0 radical (unpaired) electrons. The van der Waals surface area contributed by atoms with E-state index in [0.29, 0.717) is 33.6 Å². The van der Waals surface area contributed by atoms with Gasteiger partial charge in [0.2, 0.25) is 0 Å². The molecule has 0 fully saturated rings. The van der Waals surface area contributed by atoms with Crippen molar-refractivity contribution in [2.75, 3.05) is 5.73 Å². The Morgan fingerprint density at radius 2 is 1.73 bits per heavy atom. The molecule has 0 aliphatic heterocycles. The fraction of sp³-hybridized carbons (Fsp3) is 0.0588. The fourth-order valence-corrected chi connectivity index (χ4v) is 2.10. The third-order valence-electron chi connectivity index (χ3n) is 3.28. The number of nitrogen functional groups attached to an aromatic ring is 1. The Bertz CT molecular complexity index is 760. The van der Waals surface area contributed by atoms with E-state index in [0.717, 1.165) is 6.21 Å². The van der Waals surface area contributed by atoms with Gasteiger partial charge in [0.05, 0.1) is 0 Å². The molecule has 0 aromatic heterocycles. The number of benzene rings is 2. The van der Waals surface area contributed by atoms with Crippen molar-refractivity contribution in [3.8, 4) is 0 Å². The number of rotatable bonds is 4. The smallest absolute Gasteiger partial charge is 0.195 e. The van der Waals surface area contributed by atoms with Crippen LogP contribution in [0.4, 0.5) is 10.1 Å². The van der Waals surface area contributed by atoms with Gasteiger partial charge in [-0.2, -0.15) is 0 Å². The number of allylic oxidation sites excluding steroid dienone is 2. The predicted octanol–water partition coefficient (Wildman–Crippen LogP) is 2.98. The topological polar surface area (TPSA) is 93.0 Å². The minimum Gasteiger partial charge on any atom is -0.402 e. The van der Waals surface area contributed by atoms with Gasteiger partial charge < -0.3 is 16.9 Å². The van der Waals surface area contributed by atoms with E-state index in [1.54, 1.807) is 25.1 Å². The highest BCUT2D eigenvalue weighted by atomic mass is 19.1. The van der Waals surface area contributed by atoms with Gasteiger partial charge in [0.15, 0.2) is 5.78 Å². The Morgan fingerprint density at radius 1 is 1.14 bits per heavy atom. The lowest BCUT2D eigenvalue weighted by Gasteiger charge is -2.10. The Labute approximate surface area is 127 Å². The molecule has 0 heterocycles. The van der Waals surface area contributed by atoms with Crippen molar-refractivity contribution in [3.05, 3.63) is 70.7 Å². The number of nitrogens with two attached hydrogens (primary N) is 2. The minimum atomic E-state index is -0.411. The van der Waals surface area contributed by atoms with E-state index in [-0.39, 0.29) is 5.78 Å². The van der Waals surface area contributed by atoms with Crippen molar-refractivity contribution in [3.63, 3.8) is 0 Å². The molecule has 0 aliphatic carbocycles. The molecule has 2 aromatic carbocycles. The van der Waals surface area contributed by atoms with Gasteiger partial charge in [0.1, 0.15) is 5.82 Å². The van der Waals surface area contributed by atoms with Crippen LogP contribution in [0.1, 0.15) is 28.4 Å². The van der Waals surface area contributed by atoms with Crippen LogP contribution in [0.15, 0.2) is 48.2 Å². The first kappa shape index (κ1) is 15.4. The van der Waals surface area contributed by atoms with Crippen LogP contribution in [0.5, 0.6) is 0 Å². The SMILES string of the molecule is CC(N)=C(C=N)c1ccc(N)c(C(=O)c2ccc(F)cc2)c1. The maximum Gasteiger partial charge on any atom is 0.195 e. The van der Waals surface area contributed by atoms with Crippen molar-refractivity contribution in [2.45, 2.75) is 6.92 Å². The summed E-state index contributed by atoms with van der Waals surface area (Å²) < 4.78 is 13.0. The molecule has 112 valence electrons. The summed E-state index contributed by atoms with van der Waals surface area (Å²) in [4.78, 5) is 12.5. The number of anilines is 1. The normalized spacial score (nSPS) is 11.7. The van der Waals surface area contributed by atoms with E-state index >= 15 is 0 Å². The van der Waals surface area contributed by atoms with Crippen molar-refractivity contribution in [2.24, 2.45) is 5.73 Å². The Balaban J connectivity index is 2.51. The van der Waals surface area contributed by atoms with Crippen LogP contribution in [0.3, 0.4) is 0 Å². The van der Waals surface area contributed by atoms with Gasteiger partial charge >= 0.3 is 0 Å². The molecule has 0 bridgehead atoms. The maximum absolute atomic E-state index is 13.0. The zero-order chi connectivity index (χ0) is 16.3. The van der Waals surface area contributed by atoms with Crippen LogP contribution in [0.25, 0.3) is 5.57 Å². The van der Waals surface area contributed by atoms with Gasteiger partial charge in [0.25, 0.3) is 0 Å². The molecular weight excluding hydrogens is 281 g/mol. The number of hydrogen-bond acceptors (Lipinski definition) is 4. The summed E-state index contributed by atoms with van der Waals surface area (Å²) in [7, 11) is 0. The van der Waals surface area contributed by atoms with Gasteiger partial charge in [0, 0.05) is 34.3 Å². The Morgan fingerprint density at radius 3 is 2.27 bits per heavy atom. The zero-order valence-corrected chi connectivity index (χ0v) is 12.1. The number of hydrogen-bond donors (Lipinski definition) is 3. The average Bonchev–Trinajstić information content (AvgIpc) is 2.49. The molecule has 5 N–H and O–H groups in total. The third-order valence-corrected chi connectivity index (χ3v) is 3.28. The lowest BCUT2D eigenvalue weighted by atomic mass is 9.96. The van der Waals surface area contributed by atoms with Gasteiger partial charge in [-0.3, -0.25) is 4.79 Å². The van der Waals surface area contributed by atoms with Gasteiger partial charge in [-0.15, -0.1) is 0 Å². The molecule has 2 rings (SSSR count). The first-order valence-corrected chi connectivity index (χ1v) is 6.61. The Hall–Kier alpha value is -2.95. The summed E-state index contributed by atoms with van der Waals surface area (Å²) in [6.07, 6.45) is 1.13. The maximum atomic E-state index is 13.0.